The largest absolute Gasteiger partial charge is 0.478 e. The third-order valence-electron chi connectivity index (χ3n) is 5.97. The molecule has 2 atom stereocenters. The summed E-state index contributed by atoms with van der Waals surface area (Å²) in [5.41, 5.74) is 0.562. The van der Waals surface area contributed by atoms with Crippen molar-refractivity contribution >= 4 is 20.1 Å². The van der Waals surface area contributed by atoms with Crippen molar-refractivity contribution in [1.29, 1.82) is 0 Å². The number of aliphatic carboxylic acids is 1. The van der Waals surface area contributed by atoms with Gasteiger partial charge in [0, 0.05) is 11.8 Å². The molecule has 1 N–H and O–H groups in total. The van der Waals surface area contributed by atoms with Crippen molar-refractivity contribution in [1.82, 2.24) is 0 Å². The molecular weight excluding hydrogens is 296 g/mol. The van der Waals surface area contributed by atoms with Crippen LogP contribution in [0.2, 0.25) is 18.1 Å². The van der Waals surface area contributed by atoms with E-state index in [-0.39, 0.29) is 27.9 Å². The van der Waals surface area contributed by atoms with Crippen LogP contribution in [0.15, 0.2) is 11.1 Å². The van der Waals surface area contributed by atoms with Crippen LogP contribution in [0.4, 0.5) is 0 Å². The Morgan fingerprint density at radius 1 is 1.32 bits per heavy atom. The van der Waals surface area contributed by atoms with Gasteiger partial charge in [-0.05, 0) is 43.0 Å². The van der Waals surface area contributed by atoms with Crippen molar-refractivity contribution < 1.29 is 19.1 Å². The van der Waals surface area contributed by atoms with Crippen molar-refractivity contribution in [3.05, 3.63) is 11.1 Å². The van der Waals surface area contributed by atoms with E-state index >= 15 is 0 Å². The number of Topliss-reactive ketones (excluding diaryl/α,β-unsaturated/α-hetero) is 1. The number of rotatable bonds is 3. The van der Waals surface area contributed by atoms with E-state index in [9.17, 15) is 14.7 Å². The highest BCUT2D eigenvalue weighted by molar-refractivity contribution is 6.74. The SMILES string of the molecule is CC(C)(C)[Si](C)(C)O[C@H]1CCC2=C(C(=O)O)C(=O)CC[C@@]21C. The van der Waals surface area contributed by atoms with Crippen LogP contribution in [0.25, 0.3) is 0 Å². The van der Waals surface area contributed by atoms with E-state index in [1.54, 1.807) is 0 Å². The van der Waals surface area contributed by atoms with E-state index in [1.807, 2.05) is 0 Å². The van der Waals surface area contributed by atoms with Gasteiger partial charge in [-0.3, -0.25) is 4.79 Å². The topological polar surface area (TPSA) is 63.6 Å². The number of carboxylic acid groups (broad SMARTS) is 1. The summed E-state index contributed by atoms with van der Waals surface area (Å²) >= 11 is 0. The Kier molecular flexibility index (Phi) is 4.20. The minimum Gasteiger partial charge on any atom is -0.478 e. The van der Waals surface area contributed by atoms with Crippen LogP contribution < -0.4 is 0 Å². The van der Waals surface area contributed by atoms with Crippen molar-refractivity contribution in [2.24, 2.45) is 5.41 Å². The fraction of sp³-hybridized carbons (Fsp3) is 0.765. The van der Waals surface area contributed by atoms with Gasteiger partial charge in [0.05, 0.1) is 6.10 Å². The molecule has 124 valence electrons. The zero-order valence-corrected chi connectivity index (χ0v) is 15.6. The first kappa shape index (κ1) is 17.4. The number of fused-ring (bicyclic) bond motifs is 1. The first-order valence-electron chi connectivity index (χ1n) is 8.08. The monoisotopic (exact) mass is 324 g/mol. The van der Waals surface area contributed by atoms with Crippen LogP contribution in [-0.4, -0.2) is 31.3 Å². The predicted octanol–water partition coefficient (Wildman–Crippen LogP) is 3.92. The molecule has 0 aromatic carbocycles. The molecule has 0 unspecified atom stereocenters. The molecule has 0 radical (unpaired) electrons. The third kappa shape index (κ3) is 2.69. The maximum absolute atomic E-state index is 12.0. The molecule has 0 amide bonds. The van der Waals surface area contributed by atoms with Gasteiger partial charge in [-0.1, -0.05) is 27.7 Å². The molecule has 5 heteroatoms. The van der Waals surface area contributed by atoms with E-state index in [0.717, 1.165) is 12.0 Å². The average molecular weight is 324 g/mol. The van der Waals surface area contributed by atoms with Gasteiger partial charge in [0.2, 0.25) is 0 Å². The van der Waals surface area contributed by atoms with Crippen LogP contribution >= 0.6 is 0 Å². The molecule has 0 aromatic rings. The fourth-order valence-corrected chi connectivity index (χ4v) is 4.88. The Morgan fingerprint density at radius 3 is 2.41 bits per heavy atom. The fourth-order valence-electron chi connectivity index (χ4n) is 3.43. The molecule has 0 spiro atoms. The summed E-state index contributed by atoms with van der Waals surface area (Å²) in [5.74, 6) is -1.29. The van der Waals surface area contributed by atoms with Gasteiger partial charge >= 0.3 is 5.97 Å². The van der Waals surface area contributed by atoms with Gasteiger partial charge < -0.3 is 9.53 Å². The predicted molar refractivity (Wildman–Crippen MR) is 88.3 cm³/mol. The molecule has 2 aliphatic carbocycles. The molecule has 1 fully saturated rings. The first-order chi connectivity index (χ1) is 9.90. The lowest BCUT2D eigenvalue weighted by Crippen LogP contribution is -2.48. The van der Waals surface area contributed by atoms with Crippen LogP contribution in [0.3, 0.4) is 0 Å². The maximum atomic E-state index is 12.0. The van der Waals surface area contributed by atoms with Crippen molar-refractivity contribution in [2.75, 3.05) is 0 Å². The highest BCUT2D eigenvalue weighted by atomic mass is 28.4. The summed E-state index contributed by atoms with van der Waals surface area (Å²) in [6.07, 6.45) is 2.55. The van der Waals surface area contributed by atoms with Gasteiger partial charge in [-0.2, -0.15) is 0 Å². The highest BCUT2D eigenvalue weighted by Gasteiger charge is 2.52. The van der Waals surface area contributed by atoms with Crippen LogP contribution in [0.1, 0.15) is 53.4 Å². The Labute approximate surface area is 134 Å². The second-order valence-electron chi connectivity index (χ2n) is 8.40. The van der Waals surface area contributed by atoms with Gasteiger partial charge in [0.25, 0.3) is 0 Å². The number of ketones is 1. The summed E-state index contributed by atoms with van der Waals surface area (Å²) in [6, 6.07) is 0. The van der Waals surface area contributed by atoms with Crippen molar-refractivity contribution in [2.45, 2.75) is 77.6 Å². The molecule has 0 aromatic heterocycles. The van der Waals surface area contributed by atoms with Gasteiger partial charge in [0.15, 0.2) is 14.1 Å². The summed E-state index contributed by atoms with van der Waals surface area (Å²) < 4.78 is 6.60. The van der Waals surface area contributed by atoms with Crippen molar-refractivity contribution in [3.63, 3.8) is 0 Å². The number of carboxylic acids is 1. The summed E-state index contributed by atoms with van der Waals surface area (Å²) in [7, 11) is -1.91. The molecule has 1 saturated carbocycles. The quantitative estimate of drug-likeness (QED) is 0.631. The Balaban J connectivity index is 2.37. The molecule has 2 aliphatic rings. The molecule has 22 heavy (non-hydrogen) atoms. The van der Waals surface area contributed by atoms with Gasteiger partial charge in [-0.15, -0.1) is 0 Å². The maximum Gasteiger partial charge on any atom is 0.339 e. The average Bonchev–Trinajstić information content (AvgIpc) is 2.65. The summed E-state index contributed by atoms with van der Waals surface area (Å²) in [4.78, 5) is 23.5. The Morgan fingerprint density at radius 2 is 1.91 bits per heavy atom. The molecule has 2 rings (SSSR count). The smallest absolute Gasteiger partial charge is 0.339 e. The lowest BCUT2D eigenvalue weighted by Gasteiger charge is -2.44. The zero-order chi connectivity index (χ0) is 16.9. The van der Waals surface area contributed by atoms with E-state index in [4.69, 9.17) is 4.43 Å². The van der Waals surface area contributed by atoms with E-state index < -0.39 is 14.3 Å². The van der Waals surface area contributed by atoms with Crippen molar-refractivity contribution in [3.8, 4) is 0 Å². The number of hydrogen-bond acceptors (Lipinski definition) is 3. The third-order valence-corrected chi connectivity index (χ3v) is 10.5. The summed E-state index contributed by atoms with van der Waals surface area (Å²) in [5, 5.41) is 9.53. The van der Waals surface area contributed by atoms with E-state index in [1.165, 1.54) is 0 Å². The van der Waals surface area contributed by atoms with E-state index in [0.29, 0.717) is 19.3 Å². The number of carbonyl (C=O) groups is 2. The second kappa shape index (κ2) is 5.30. The van der Waals surface area contributed by atoms with Gasteiger partial charge in [0.1, 0.15) is 5.57 Å². The molecule has 4 nitrogen and oxygen atoms in total. The van der Waals surface area contributed by atoms with Crippen LogP contribution in [0.5, 0.6) is 0 Å². The second-order valence-corrected chi connectivity index (χ2v) is 13.2. The van der Waals surface area contributed by atoms with Crippen LogP contribution in [-0.2, 0) is 14.0 Å². The standard InChI is InChI=1S/C17H28O4Si/c1-16(2,3)22(5,6)21-13-8-7-11-14(15(19)20)12(18)9-10-17(11,13)4/h13H,7-10H2,1-6H3,(H,19,20)/t13-,17-/m0/s1. The normalized spacial score (nSPS) is 29.7. The molecule has 0 aliphatic heterocycles. The minimum atomic E-state index is -1.91. The Hall–Kier alpha value is -0.943. The molecule has 0 heterocycles. The molecule has 0 bridgehead atoms. The number of carbonyl (C=O) groups excluding carboxylic acids is 1. The van der Waals surface area contributed by atoms with E-state index in [2.05, 4.69) is 40.8 Å². The van der Waals surface area contributed by atoms with Gasteiger partial charge in [-0.25, -0.2) is 4.79 Å². The molecule has 0 saturated heterocycles. The Bertz CT molecular complexity index is 541. The number of hydrogen-bond donors (Lipinski definition) is 1. The molecular formula is C17H28O4Si. The zero-order valence-electron chi connectivity index (χ0n) is 14.6. The lowest BCUT2D eigenvalue weighted by molar-refractivity contribution is -0.135. The lowest BCUT2D eigenvalue weighted by atomic mass is 9.71. The first-order valence-corrected chi connectivity index (χ1v) is 11.0. The summed E-state index contributed by atoms with van der Waals surface area (Å²) in [6.45, 7) is 13.2. The highest BCUT2D eigenvalue weighted by Crippen LogP contribution is 2.53. The van der Waals surface area contributed by atoms with Crippen LogP contribution in [0, 0.1) is 5.41 Å². The minimum absolute atomic E-state index is 0.0332.